The summed E-state index contributed by atoms with van der Waals surface area (Å²) in [4.78, 5) is 11.3. The van der Waals surface area contributed by atoms with Crippen LogP contribution in [0.15, 0.2) is 30.6 Å². The predicted molar refractivity (Wildman–Crippen MR) is 63.8 cm³/mol. The second kappa shape index (κ2) is 4.26. The first-order valence-electron chi connectivity index (χ1n) is 5.67. The number of rotatable bonds is 1. The Bertz CT molecular complexity index is 764. The Morgan fingerprint density at radius 1 is 1.20 bits per heavy atom. The molecule has 20 heavy (non-hydrogen) atoms. The minimum atomic E-state index is -4.54. The Labute approximate surface area is 111 Å². The van der Waals surface area contributed by atoms with E-state index in [1.54, 1.807) is 25.3 Å². The van der Waals surface area contributed by atoms with Crippen molar-refractivity contribution in [3.05, 3.63) is 42.1 Å². The van der Waals surface area contributed by atoms with Gasteiger partial charge in [-0.25, -0.2) is 4.98 Å². The van der Waals surface area contributed by atoms with Crippen molar-refractivity contribution in [1.82, 2.24) is 24.6 Å². The van der Waals surface area contributed by atoms with Gasteiger partial charge in [0.1, 0.15) is 5.82 Å². The van der Waals surface area contributed by atoms with E-state index >= 15 is 0 Å². The molecule has 0 saturated carbocycles. The van der Waals surface area contributed by atoms with Crippen molar-refractivity contribution < 1.29 is 13.2 Å². The standard InChI is InChI=1S/C12H8F3N5/c1-7-17-11-18-10(12(13,14)15)5-9(20(11)19-7)8-3-2-4-16-6-8/h2-6H,1H3. The predicted octanol–water partition coefficient (Wildman–Crippen LogP) is 2.51. The van der Waals surface area contributed by atoms with Crippen LogP contribution in [0.1, 0.15) is 11.5 Å². The minimum Gasteiger partial charge on any atom is -0.264 e. The molecule has 0 amide bonds. The number of halogens is 3. The number of pyridine rings is 1. The van der Waals surface area contributed by atoms with Crippen LogP contribution in [0.4, 0.5) is 13.2 Å². The van der Waals surface area contributed by atoms with Gasteiger partial charge in [-0.3, -0.25) is 4.98 Å². The van der Waals surface area contributed by atoms with Gasteiger partial charge >= 0.3 is 6.18 Å². The Morgan fingerprint density at radius 2 is 2.00 bits per heavy atom. The highest BCUT2D eigenvalue weighted by molar-refractivity contribution is 5.61. The van der Waals surface area contributed by atoms with Gasteiger partial charge < -0.3 is 0 Å². The van der Waals surface area contributed by atoms with E-state index < -0.39 is 11.9 Å². The van der Waals surface area contributed by atoms with Crippen molar-refractivity contribution >= 4 is 5.78 Å². The second-order valence-electron chi connectivity index (χ2n) is 4.14. The summed E-state index contributed by atoms with van der Waals surface area (Å²) in [7, 11) is 0. The van der Waals surface area contributed by atoms with E-state index in [0.29, 0.717) is 11.4 Å². The summed E-state index contributed by atoms with van der Waals surface area (Å²) in [6.07, 6.45) is -1.54. The Kier molecular flexibility index (Phi) is 2.66. The lowest BCUT2D eigenvalue weighted by molar-refractivity contribution is -0.141. The third kappa shape index (κ3) is 2.09. The van der Waals surface area contributed by atoms with Crippen LogP contribution in [-0.4, -0.2) is 24.6 Å². The molecule has 3 aromatic heterocycles. The molecule has 0 saturated heterocycles. The van der Waals surface area contributed by atoms with Crippen LogP contribution in [-0.2, 0) is 6.18 Å². The summed E-state index contributed by atoms with van der Waals surface area (Å²) < 4.78 is 39.9. The van der Waals surface area contributed by atoms with E-state index in [1.807, 2.05) is 0 Å². The molecular weight excluding hydrogens is 271 g/mol. The fourth-order valence-electron chi connectivity index (χ4n) is 1.83. The minimum absolute atomic E-state index is 0.0869. The largest absolute Gasteiger partial charge is 0.433 e. The number of fused-ring (bicyclic) bond motifs is 1. The summed E-state index contributed by atoms with van der Waals surface area (Å²) in [6, 6.07) is 4.23. The van der Waals surface area contributed by atoms with Gasteiger partial charge in [0.15, 0.2) is 5.69 Å². The lowest BCUT2D eigenvalue weighted by Crippen LogP contribution is -2.11. The van der Waals surface area contributed by atoms with Crippen LogP contribution in [0.2, 0.25) is 0 Å². The highest BCUT2D eigenvalue weighted by Crippen LogP contribution is 2.30. The van der Waals surface area contributed by atoms with Crippen molar-refractivity contribution in [3.8, 4) is 11.3 Å². The molecule has 3 aromatic rings. The monoisotopic (exact) mass is 279 g/mol. The molecule has 0 fully saturated rings. The molecular formula is C12H8F3N5. The maximum atomic E-state index is 12.9. The number of hydrogen-bond donors (Lipinski definition) is 0. The second-order valence-corrected chi connectivity index (χ2v) is 4.14. The smallest absolute Gasteiger partial charge is 0.264 e. The molecule has 0 aromatic carbocycles. The summed E-state index contributed by atoms with van der Waals surface area (Å²) in [6.45, 7) is 1.59. The molecule has 0 N–H and O–H groups in total. The zero-order valence-corrected chi connectivity index (χ0v) is 10.3. The van der Waals surface area contributed by atoms with Crippen molar-refractivity contribution in [2.45, 2.75) is 13.1 Å². The molecule has 102 valence electrons. The Balaban J connectivity index is 2.34. The van der Waals surface area contributed by atoms with Crippen LogP contribution in [0.5, 0.6) is 0 Å². The zero-order valence-electron chi connectivity index (χ0n) is 10.3. The maximum Gasteiger partial charge on any atom is 0.433 e. The average molecular weight is 279 g/mol. The normalized spacial score (nSPS) is 12.0. The lowest BCUT2D eigenvalue weighted by Gasteiger charge is -2.09. The molecule has 0 aliphatic rings. The number of alkyl halides is 3. The van der Waals surface area contributed by atoms with E-state index in [1.165, 1.54) is 10.7 Å². The summed E-state index contributed by atoms with van der Waals surface area (Å²) in [5.74, 6) is 0.262. The van der Waals surface area contributed by atoms with Crippen molar-refractivity contribution in [3.63, 3.8) is 0 Å². The van der Waals surface area contributed by atoms with Crippen LogP contribution >= 0.6 is 0 Å². The van der Waals surface area contributed by atoms with Crippen molar-refractivity contribution in [1.29, 1.82) is 0 Å². The molecule has 0 unspecified atom stereocenters. The highest BCUT2D eigenvalue weighted by Gasteiger charge is 2.34. The van der Waals surface area contributed by atoms with Crippen molar-refractivity contribution in [2.24, 2.45) is 0 Å². The van der Waals surface area contributed by atoms with E-state index in [4.69, 9.17) is 0 Å². The van der Waals surface area contributed by atoms with E-state index in [0.717, 1.165) is 6.07 Å². The molecule has 0 aliphatic carbocycles. The van der Waals surface area contributed by atoms with E-state index in [9.17, 15) is 13.2 Å². The van der Waals surface area contributed by atoms with Gasteiger partial charge in [-0.2, -0.15) is 22.7 Å². The SMILES string of the molecule is Cc1nc2nc(C(F)(F)F)cc(-c3cccnc3)n2n1. The first kappa shape index (κ1) is 12.5. The Morgan fingerprint density at radius 3 is 2.65 bits per heavy atom. The fourth-order valence-corrected chi connectivity index (χ4v) is 1.83. The molecule has 0 atom stereocenters. The summed E-state index contributed by atoms with van der Waals surface area (Å²) >= 11 is 0. The first-order valence-corrected chi connectivity index (χ1v) is 5.67. The van der Waals surface area contributed by atoms with Crippen LogP contribution in [0.25, 0.3) is 17.0 Å². The molecule has 0 bridgehead atoms. The number of aromatic nitrogens is 5. The summed E-state index contributed by atoms with van der Waals surface area (Å²) in [5, 5.41) is 4.06. The Hall–Kier alpha value is -2.51. The van der Waals surface area contributed by atoms with Gasteiger partial charge in [-0.05, 0) is 25.1 Å². The van der Waals surface area contributed by atoms with Gasteiger partial charge in [0.05, 0.1) is 5.69 Å². The molecule has 5 nitrogen and oxygen atoms in total. The van der Waals surface area contributed by atoms with Crippen LogP contribution in [0, 0.1) is 6.92 Å². The topological polar surface area (TPSA) is 56.0 Å². The third-order valence-corrected chi connectivity index (χ3v) is 2.67. The zero-order chi connectivity index (χ0) is 14.3. The number of nitrogens with zero attached hydrogens (tertiary/aromatic N) is 5. The quantitative estimate of drug-likeness (QED) is 0.686. The van der Waals surface area contributed by atoms with Gasteiger partial charge in [0.25, 0.3) is 5.78 Å². The van der Waals surface area contributed by atoms with Gasteiger partial charge in [0.2, 0.25) is 0 Å². The van der Waals surface area contributed by atoms with Crippen molar-refractivity contribution in [2.75, 3.05) is 0 Å². The maximum absolute atomic E-state index is 12.9. The molecule has 3 rings (SSSR count). The number of aryl methyl sites for hydroxylation is 1. The van der Waals surface area contributed by atoms with Gasteiger partial charge in [-0.15, -0.1) is 5.10 Å². The average Bonchev–Trinajstić information content (AvgIpc) is 2.77. The summed E-state index contributed by atoms with van der Waals surface area (Å²) in [5.41, 5.74) is -0.248. The highest BCUT2D eigenvalue weighted by atomic mass is 19.4. The lowest BCUT2D eigenvalue weighted by atomic mass is 10.2. The molecule has 3 heterocycles. The molecule has 0 spiro atoms. The van der Waals surface area contributed by atoms with Gasteiger partial charge in [-0.1, -0.05) is 0 Å². The van der Waals surface area contributed by atoms with E-state index in [-0.39, 0.29) is 11.5 Å². The molecule has 0 aliphatic heterocycles. The first-order chi connectivity index (χ1) is 9.45. The molecule has 8 heteroatoms. The van der Waals surface area contributed by atoms with Crippen LogP contribution < -0.4 is 0 Å². The fraction of sp³-hybridized carbons (Fsp3) is 0.167. The van der Waals surface area contributed by atoms with Gasteiger partial charge in [0, 0.05) is 18.0 Å². The third-order valence-electron chi connectivity index (χ3n) is 2.67. The number of hydrogen-bond acceptors (Lipinski definition) is 4. The molecule has 0 radical (unpaired) electrons. The van der Waals surface area contributed by atoms with Crippen LogP contribution in [0.3, 0.4) is 0 Å². The van der Waals surface area contributed by atoms with E-state index in [2.05, 4.69) is 20.1 Å².